The van der Waals surface area contributed by atoms with Crippen LogP contribution >= 0.6 is 0 Å². The number of carbonyl (C=O) groups is 2. The van der Waals surface area contributed by atoms with Crippen LogP contribution in [0.2, 0.25) is 0 Å². The number of carbonyl (C=O) groups excluding carboxylic acids is 2. The minimum atomic E-state index is -0.671. The third-order valence-electron chi connectivity index (χ3n) is 3.82. The van der Waals surface area contributed by atoms with Gasteiger partial charge >= 0.3 is 5.97 Å². The van der Waals surface area contributed by atoms with Crippen molar-refractivity contribution in [1.82, 2.24) is 0 Å². The number of hydrogen-bond donors (Lipinski definition) is 0. The van der Waals surface area contributed by atoms with Crippen molar-refractivity contribution in [3.63, 3.8) is 0 Å². The Labute approximate surface area is 140 Å². The molecule has 0 spiro atoms. The number of nitrogens with zero attached hydrogens (tertiary/aromatic N) is 2. The molecule has 0 bridgehead atoms. The van der Waals surface area contributed by atoms with Crippen LogP contribution in [0.3, 0.4) is 0 Å². The number of rotatable bonds is 4. The van der Waals surface area contributed by atoms with E-state index in [1.54, 1.807) is 11.9 Å². The number of anilines is 1. The predicted octanol–water partition coefficient (Wildman–Crippen LogP) is 3.13. The summed E-state index contributed by atoms with van der Waals surface area (Å²) in [6.07, 6.45) is 0.177. The van der Waals surface area contributed by atoms with Crippen LogP contribution in [0.4, 0.5) is 5.69 Å². The molecule has 2 aromatic carbocycles. The van der Waals surface area contributed by atoms with Crippen LogP contribution in [-0.2, 0) is 14.3 Å². The minimum Gasteiger partial charge on any atom is -0.461 e. The van der Waals surface area contributed by atoms with Crippen molar-refractivity contribution in [2.75, 3.05) is 11.6 Å². The van der Waals surface area contributed by atoms with Gasteiger partial charge in [-0.15, -0.1) is 0 Å². The minimum absolute atomic E-state index is 0.145. The Morgan fingerprint density at radius 2 is 1.75 bits per heavy atom. The van der Waals surface area contributed by atoms with E-state index in [1.165, 1.54) is 0 Å². The van der Waals surface area contributed by atoms with Gasteiger partial charge in [0, 0.05) is 6.42 Å². The van der Waals surface area contributed by atoms with Crippen LogP contribution < -0.4 is 5.01 Å². The van der Waals surface area contributed by atoms with E-state index >= 15 is 0 Å². The van der Waals surface area contributed by atoms with Crippen LogP contribution in [0.25, 0.3) is 0 Å². The lowest BCUT2D eigenvalue weighted by Gasteiger charge is -2.33. The van der Waals surface area contributed by atoms with Crippen molar-refractivity contribution in [2.45, 2.75) is 19.4 Å². The predicted molar refractivity (Wildman–Crippen MR) is 91.8 cm³/mol. The zero-order chi connectivity index (χ0) is 16.9. The summed E-state index contributed by atoms with van der Waals surface area (Å²) < 4.78 is 4.96. The van der Waals surface area contributed by atoms with Crippen LogP contribution in [0.15, 0.2) is 65.8 Å². The lowest BCUT2D eigenvalue weighted by molar-refractivity contribution is -0.135. The molecule has 1 aliphatic heterocycles. The molecule has 1 aliphatic rings. The number of hydrogen-bond acceptors (Lipinski definition) is 5. The van der Waals surface area contributed by atoms with Gasteiger partial charge < -0.3 is 4.74 Å². The van der Waals surface area contributed by atoms with Gasteiger partial charge in [0.25, 0.3) is 0 Å². The number of para-hydroxylation sites is 1. The summed E-state index contributed by atoms with van der Waals surface area (Å²) >= 11 is 0. The zero-order valence-corrected chi connectivity index (χ0v) is 13.4. The highest BCUT2D eigenvalue weighted by atomic mass is 16.5. The molecular formula is C19H18N2O3. The largest absolute Gasteiger partial charge is 0.461 e. The maximum Gasteiger partial charge on any atom is 0.362 e. The fourth-order valence-corrected chi connectivity index (χ4v) is 2.70. The normalized spacial score (nSPS) is 17.4. The summed E-state index contributed by atoms with van der Waals surface area (Å²) in [7, 11) is 0. The van der Waals surface area contributed by atoms with Gasteiger partial charge in [0.1, 0.15) is 0 Å². The number of esters is 1. The van der Waals surface area contributed by atoms with Gasteiger partial charge in [0.05, 0.1) is 18.3 Å². The van der Waals surface area contributed by atoms with Crippen LogP contribution in [0, 0.1) is 0 Å². The Kier molecular flexibility index (Phi) is 4.70. The molecule has 0 fully saturated rings. The Hall–Kier alpha value is -2.95. The summed E-state index contributed by atoms with van der Waals surface area (Å²) in [5, 5.41) is 6.06. The molecule has 122 valence electrons. The van der Waals surface area contributed by atoms with Crippen LogP contribution in [0.5, 0.6) is 0 Å². The summed E-state index contributed by atoms with van der Waals surface area (Å²) in [5.41, 5.74) is 1.65. The lowest BCUT2D eigenvalue weighted by Crippen LogP contribution is -2.39. The zero-order valence-electron chi connectivity index (χ0n) is 13.4. The van der Waals surface area contributed by atoms with Gasteiger partial charge in [-0.3, -0.25) is 9.80 Å². The van der Waals surface area contributed by atoms with Crippen molar-refractivity contribution in [1.29, 1.82) is 0 Å². The topological polar surface area (TPSA) is 59.0 Å². The molecular weight excluding hydrogens is 304 g/mol. The number of hydrazone groups is 1. The van der Waals surface area contributed by atoms with Crippen LogP contribution in [0.1, 0.15) is 24.9 Å². The standard InChI is InChI=1S/C19H18N2O3/c1-2-24-19(23)18-17(22)13-16(14-9-5-3-6-10-14)21(20-18)15-11-7-4-8-12-15/h3-12,16H,2,13H2,1H3/t16-/m1/s1. The van der Waals surface area contributed by atoms with E-state index < -0.39 is 5.97 Å². The van der Waals surface area contributed by atoms with Crippen molar-refractivity contribution in [3.8, 4) is 0 Å². The summed E-state index contributed by atoms with van der Waals surface area (Å²) in [6.45, 7) is 1.91. The number of Topliss-reactive ketones (excluding diaryl/α,β-unsaturated/α-hetero) is 1. The summed E-state index contributed by atoms with van der Waals surface area (Å²) in [6, 6.07) is 18.9. The molecule has 5 nitrogen and oxygen atoms in total. The molecule has 0 amide bonds. The van der Waals surface area contributed by atoms with Gasteiger partial charge in [-0.2, -0.15) is 5.10 Å². The highest BCUT2D eigenvalue weighted by Crippen LogP contribution is 2.33. The van der Waals surface area contributed by atoms with E-state index in [0.29, 0.717) is 0 Å². The van der Waals surface area contributed by atoms with Gasteiger partial charge in [-0.25, -0.2) is 4.79 Å². The quantitative estimate of drug-likeness (QED) is 0.812. The highest BCUT2D eigenvalue weighted by Gasteiger charge is 2.35. The van der Waals surface area contributed by atoms with Crippen molar-refractivity contribution >= 4 is 23.2 Å². The maximum atomic E-state index is 12.4. The molecule has 5 heteroatoms. The van der Waals surface area contributed by atoms with Crippen molar-refractivity contribution in [2.24, 2.45) is 5.10 Å². The molecule has 24 heavy (non-hydrogen) atoms. The number of ketones is 1. The van der Waals surface area contributed by atoms with E-state index in [2.05, 4.69) is 5.10 Å². The summed E-state index contributed by atoms with van der Waals surface area (Å²) in [5.74, 6) is -0.968. The van der Waals surface area contributed by atoms with Crippen molar-refractivity contribution in [3.05, 3.63) is 66.2 Å². The second-order valence-corrected chi connectivity index (χ2v) is 5.40. The van der Waals surface area contributed by atoms with Crippen LogP contribution in [-0.4, -0.2) is 24.1 Å². The van der Waals surface area contributed by atoms with E-state index in [1.807, 2.05) is 60.7 Å². The van der Waals surface area contributed by atoms with Gasteiger partial charge in [0.2, 0.25) is 5.71 Å². The first-order valence-electron chi connectivity index (χ1n) is 7.89. The number of ether oxygens (including phenoxy) is 1. The third-order valence-corrected chi connectivity index (χ3v) is 3.82. The molecule has 0 unspecified atom stereocenters. The average Bonchev–Trinajstić information content (AvgIpc) is 2.63. The molecule has 0 radical (unpaired) electrons. The molecule has 0 N–H and O–H groups in total. The fourth-order valence-electron chi connectivity index (χ4n) is 2.70. The van der Waals surface area contributed by atoms with Gasteiger partial charge in [0.15, 0.2) is 5.78 Å². The summed E-state index contributed by atoms with van der Waals surface area (Å²) in [4.78, 5) is 24.4. The van der Waals surface area contributed by atoms with Gasteiger partial charge in [-0.05, 0) is 24.6 Å². The molecule has 0 saturated heterocycles. The average molecular weight is 322 g/mol. The monoisotopic (exact) mass is 322 g/mol. The first kappa shape index (κ1) is 15.9. The molecule has 2 aromatic rings. The van der Waals surface area contributed by atoms with E-state index in [0.717, 1.165) is 11.3 Å². The smallest absolute Gasteiger partial charge is 0.362 e. The van der Waals surface area contributed by atoms with Crippen molar-refractivity contribution < 1.29 is 14.3 Å². The first-order valence-corrected chi connectivity index (χ1v) is 7.89. The molecule has 0 saturated carbocycles. The van der Waals surface area contributed by atoms with E-state index in [4.69, 9.17) is 4.74 Å². The Morgan fingerprint density at radius 1 is 1.12 bits per heavy atom. The second-order valence-electron chi connectivity index (χ2n) is 5.40. The molecule has 0 aromatic heterocycles. The lowest BCUT2D eigenvalue weighted by atomic mass is 9.96. The Bertz CT molecular complexity index is 757. The fraction of sp³-hybridized carbons (Fsp3) is 0.211. The van der Waals surface area contributed by atoms with E-state index in [9.17, 15) is 9.59 Å². The van der Waals surface area contributed by atoms with Gasteiger partial charge in [-0.1, -0.05) is 48.5 Å². The second kappa shape index (κ2) is 7.08. The molecule has 1 atom stereocenters. The highest BCUT2D eigenvalue weighted by molar-refractivity contribution is 6.64. The first-order chi connectivity index (χ1) is 11.7. The third kappa shape index (κ3) is 3.20. The Balaban J connectivity index is 2.04. The Morgan fingerprint density at radius 3 is 2.38 bits per heavy atom. The molecule has 0 aliphatic carbocycles. The van der Waals surface area contributed by atoms with E-state index in [-0.39, 0.29) is 30.6 Å². The number of benzene rings is 2. The SMILES string of the molecule is CCOC(=O)C1=NN(c2ccccc2)[C@@H](c2ccccc2)CC1=O. The molecule has 1 heterocycles. The molecule has 3 rings (SSSR count). The maximum absolute atomic E-state index is 12.4.